The summed E-state index contributed by atoms with van der Waals surface area (Å²) in [5, 5.41) is 5.30. The first kappa shape index (κ1) is 15.4. The second-order valence-electron chi connectivity index (χ2n) is 7.09. The van der Waals surface area contributed by atoms with Gasteiger partial charge in [-0.05, 0) is 24.4 Å². The van der Waals surface area contributed by atoms with E-state index in [0.717, 1.165) is 11.2 Å². The minimum absolute atomic E-state index is 0.157. The number of benzene rings is 3. The number of hydrogen-bond donors (Lipinski definition) is 0. The Morgan fingerprint density at radius 3 is 2.12 bits per heavy atom. The van der Waals surface area contributed by atoms with E-state index in [2.05, 4.69) is 87.5 Å². The Kier molecular flexibility index (Phi) is 3.70. The molecule has 0 aliphatic heterocycles. The Morgan fingerprint density at radius 2 is 1.38 bits per heavy atom. The summed E-state index contributed by atoms with van der Waals surface area (Å²) in [6.07, 6.45) is 0. The van der Waals surface area contributed by atoms with Crippen LogP contribution >= 0.6 is 7.92 Å². The molecule has 0 spiro atoms. The molecular formula is C22H21OP. The average molecular weight is 332 g/mol. The van der Waals surface area contributed by atoms with Crippen molar-refractivity contribution in [2.75, 3.05) is 0 Å². The summed E-state index contributed by atoms with van der Waals surface area (Å²) < 4.78 is 6.30. The SMILES string of the molecule is CC(C)(C)P(c1ccccc1)c1cccc2c1oc1ccccc12. The molecule has 0 saturated carbocycles. The lowest BCUT2D eigenvalue weighted by Crippen LogP contribution is -2.26. The van der Waals surface area contributed by atoms with Crippen molar-refractivity contribution >= 4 is 40.5 Å². The summed E-state index contributed by atoms with van der Waals surface area (Å²) in [6.45, 7) is 6.98. The average Bonchev–Trinajstić information content (AvgIpc) is 2.94. The highest BCUT2D eigenvalue weighted by molar-refractivity contribution is 7.74. The van der Waals surface area contributed by atoms with Gasteiger partial charge in [0.15, 0.2) is 0 Å². The van der Waals surface area contributed by atoms with E-state index in [4.69, 9.17) is 4.42 Å². The lowest BCUT2D eigenvalue weighted by molar-refractivity contribution is 0.671. The summed E-state index contributed by atoms with van der Waals surface area (Å²) in [5.74, 6) is 0. The van der Waals surface area contributed by atoms with E-state index in [1.54, 1.807) is 0 Å². The summed E-state index contributed by atoms with van der Waals surface area (Å²) in [4.78, 5) is 0. The molecule has 0 saturated heterocycles. The zero-order valence-corrected chi connectivity index (χ0v) is 15.2. The molecule has 4 rings (SSSR count). The van der Waals surface area contributed by atoms with Crippen LogP contribution < -0.4 is 10.6 Å². The molecule has 0 N–H and O–H groups in total. The Labute approximate surface area is 144 Å². The molecule has 1 unspecified atom stereocenters. The third-order valence-corrected chi connectivity index (χ3v) is 7.30. The van der Waals surface area contributed by atoms with Crippen molar-refractivity contribution in [3.05, 3.63) is 72.8 Å². The van der Waals surface area contributed by atoms with Crippen molar-refractivity contribution in [1.29, 1.82) is 0 Å². The van der Waals surface area contributed by atoms with Gasteiger partial charge in [0.2, 0.25) is 0 Å². The van der Waals surface area contributed by atoms with Gasteiger partial charge in [0.25, 0.3) is 0 Å². The van der Waals surface area contributed by atoms with E-state index in [1.165, 1.54) is 21.4 Å². The van der Waals surface area contributed by atoms with Gasteiger partial charge < -0.3 is 4.42 Å². The number of rotatable bonds is 2. The molecule has 0 amide bonds. The van der Waals surface area contributed by atoms with Crippen molar-refractivity contribution < 1.29 is 4.42 Å². The topological polar surface area (TPSA) is 13.1 Å². The van der Waals surface area contributed by atoms with E-state index < -0.39 is 7.92 Å². The van der Waals surface area contributed by atoms with Crippen LogP contribution in [-0.2, 0) is 0 Å². The summed E-state index contributed by atoms with van der Waals surface area (Å²) in [5.41, 5.74) is 2.01. The van der Waals surface area contributed by atoms with Gasteiger partial charge in [-0.25, -0.2) is 0 Å². The van der Waals surface area contributed by atoms with E-state index in [1.807, 2.05) is 6.07 Å². The Balaban J connectivity index is 2.03. The summed E-state index contributed by atoms with van der Waals surface area (Å²) >= 11 is 0. The summed E-state index contributed by atoms with van der Waals surface area (Å²) in [6, 6.07) is 25.8. The molecule has 1 aromatic heterocycles. The van der Waals surface area contributed by atoms with Gasteiger partial charge in [0.1, 0.15) is 11.2 Å². The Morgan fingerprint density at radius 1 is 0.708 bits per heavy atom. The normalized spacial score (nSPS) is 13.5. The molecule has 0 aliphatic rings. The molecule has 0 radical (unpaired) electrons. The monoisotopic (exact) mass is 332 g/mol. The number of hydrogen-bond acceptors (Lipinski definition) is 1. The minimum atomic E-state index is -0.522. The molecule has 1 heterocycles. The van der Waals surface area contributed by atoms with Gasteiger partial charge in [-0.15, -0.1) is 0 Å². The first-order valence-electron chi connectivity index (χ1n) is 8.31. The first-order chi connectivity index (χ1) is 11.6. The van der Waals surface area contributed by atoms with Gasteiger partial charge in [0.05, 0.1) is 0 Å². The second-order valence-corrected chi connectivity index (χ2v) is 10.1. The lowest BCUT2D eigenvalue weighted by Gasteiger charge is -2.32. The van der Waals surface area contributed by atoms with Crippen LogP contribution in [0.25, 0.3) is 21.9 Å². The molecule has 24 heavy (non-hydrogen) atoms. The highest BCUT2D eigenvalue weighted by Gasteiger charge is 2.30. The molecule has 0 aliphatic carbocycles. The Bertz CT molecular complexity index is 993. The van der Waals surface area contributed by atoms with Crippen molar-refractivity contribution in [1.82, 2.24) is 0 Å². The van der Waals surface area contributed by atoms with Crippen molar-refractivity contribution in [3.63, 3.8) is 0 Å². The molecule has 1 nitrogen and oxygen atoms in total. The molecule has 0 fully saturated rings. The van der Waals surface area contributed by atoms with Crippen LogP contribution in [0.4, 0.5) is 0 Å². The van der Waals surface area contributed by atoms with Gasteiger partial charge >= 0.3 is 0 Å². The first-order valence-corrected chi connectivity index (χ1v) is 9.65. The van der Waals surface area contributed by atoms with Gasteiger partial charge in [-0.1, -0.05) is 87.5 Å². The zero-order chi connectivity index (χ0) is 16.7. The third-order valence-electron chi connectivity index (χ3n) is 4.31. The highest BCUT2D eigenvalue weighted by atomic mass is 31.1. The van der Waals surface area contributed by atoms with Crippen LogP contribution in [0.5, 0.6) is 0 Å². The second kappa shape index (κ2) is 5.76. The maximum absolute atomic E-state index is 6.30. The van der Waals surface area contributed by atoms with Crippen molar-refractivity contribution in [2.24, 2.45) is 0 Å². The third kappa shape index (κ3) is 2.54. The fraction of sp³-hybridized carbons (Fsp3) is 0.182. The van der Waals surface area contributed by atoms with Gasteiger partial charge in [-0.3, -0.25) is 0 Å². The zero-order valence-electron chi connectivity index (χ0n) is 14.3. The molecule has 120 valence electrons. The van der Waals surface area contributed by atoms with Gasteiger partial charge in [-0.2, -0.15) is 0 Å². The maximum atomic E-state index is 6.30. The maximum Gasteiger partial charge on any atom is 0.143 e. The van der Waals surface area contributed by atoms with Gasteiger partial charge in [0, 0.05) is 16.1 Å². The van der Waals surface area contributed by atoms with Crippen LogP contribution in [0.1, 0.15) is 20.8 Å². The highest BCUT2D eigenvalue weighted by Crippen LogP contribution is 2.49. The van der Waals surface area contributed by atoms with Crippen LogP contribution in [0.15, 0.2) is 77.2 Å². The van der Waals surface area contributed by atoms with Crippen molar-refractivity contribution in [3.8, 4) is 0 Å². The predicted molar refractivity (Wildman–Crippen MR) is 106 cm³/mol. The van der Waals surface area contributed by atoms with E-state index in [-0.39, 0.29) is 5.16 Å². The largest absolute Gasteiger partial charge is 0.455 e. The minimum Gasteiger partial charge on any atom is -0.455 e. The molecule has 1 atom stereocenters. The quantitative estimate of drug-likeness (QED) is 0.422. The predicted octanol–water partition coefficient (Wildman–Crippen LogP) is 5.82. The molecule has 4 aromatic rings. The molecule has 2 heteroatoms. The van der Waals surface area contributed by atoms with Crippen LogP contribution in [0, 0.1) is 0 Å². The van der Waals surface area contributed by atoms with Crippen LogP contribution in [0.2, 0.25) is 0 Å². The fourth-order valence-electron chi connectivity index (χ4n) is 3.37. The van der Waals surface area contributed by atoms with Crippen LogP contribution in [0.3, 0.4) is 0 Å². The van der Waals surface area contributed by atoms with E-state index in [9.17, 15) is 0 Å². The van der Waals surface area contributed by atoms with E-state index in [0.29, 0.717) is 0 Å². The molecular weight excluding hydrogens is 311 g/mol. The van der Waals surface area contributed by atoms with Crippen LogP contribution in [-0.4, -0.2) is 5.16 Å². The smallest absolute Gasteiger partial charge is 0.143 e. The molecule has 0 bridgehead atoms. The fourth-order valence-corrected chi connectivity index (χ4v) is 6.22. The number of para-hydroxylation sites is 2. The number of furan rings is 1. The standard InChI is InChI=1S/C22H21OP/c1-22(2,3)24(16-10-5-4-6-11-16)20-15-9-13-18-17-12-7-8-14-19(17)23-21(18)20/h4-15H,1-3H3. The molecule has 3 aromatic carbocycles. The Hall–Kier alpha value is -2.11. The summed E-state index contributed by atoms with van der Waals surface area (Å²) in [7, 11) is -0.522. The van der Waals surface area contributed by atoms with E-state index >= 15 is 0 Å². The number of fused-ring (bicyclic) bond motifs is 3. The van der Waals surface area contributed by atoms with Crippen molar-refractivity contribution in [2.45, 2.75) is 25.9 Å². The lowest BCUT2D eigenvalue weighted by atomic mass is 10.1.